The molecule has 0 fully saturated rings. The van der Waals surface area contributed by atoms with Crippen LogP contribution in [0.15, 0.2) is 66.2 Å². The number of nitrogens with zero attached hydrogens (tertiary/aromatic N) is 3. The van der Waals surface area contributed by atoms with E-state index in [-0.39, 0.29) is 24.0 Å². The topological polar surface area (TPSA) is 69.0 Å². The van der Waals surface area contributed by atoms with Gasteiger partial charge in [-0.25, -0.2) is 14.1 Å². The lowest BCUT2D eigenvalue weighted by molar-refractivity contribution is 0.102. The normalized spacial score (nSPS) is 10.7. The van der Waals surface area contributed by atoms with Crippen LogP contribution in [0.2, 0.25) is 5.02 Å². The highest BCUT2D eigenvalue weighted by Crippen LogP contribution is 2.18. The van der Waals surface area contributed by atoms with Crippen molar-refractivity contribution >= 4 is 34.7 Å². The first kappa shape index (κ1) is 20.1. The van der Waals surface area contributed by atoms with E-state index in [1.807, 2.05) is 24.3 Å². The van der Waals surface area contributed by atoms with Crippen LogP contribution in [-0.4, -0.2) is 20.7 Å². The van der Waals surface area contributed by atoms with Crippen LogP contribution >= 0.6 is 22.9 Å². The number of amides is 1. The number of hydrogen-bond acceptors (Lipinski definition) is 5. The van der Waals surface area contributed by atoms with Gasteiger partial charge in [0.25, 0.3) is 5.91 Å². The van der Waals surface area contributed by atoms with Gasteiger partial charge in [0.2, 0.25) is 0 Å². The number of benzene rings is 2. The zero-order valence-corrected chi connectivity index (χ0v) is 17.2. The Hall–Kier alpha value is -3.23. The largest absolute Gasteiger partial charge is 0.486 e. The molecule has 0 saturated heterocycles. The molecule has 0 aliphatic carbocycles. The SMILES string of the molecule is O=C(Nc1ccnn1Cc1ccc(Cl)cc1)c1csc(COc2ccc(F)cc2)n1. The lowest BCUT2D eigenvalue weighted by Crippen LogP contribution is -2.16. The summed E-state index contributed by atoms with van der Waals surface area (Å²) in [4.78, 5) is 16.9. The number of thiazole rings is 1. The Bertz CT molecular complexity index is 1140. The molecule has 0 spiro atoms. The van der Waals surface area contributed by atoms with Gasteiger partial charge in [0.05, 0.1) is 12.7 Å². The molecule has 1 N–H and O–H groups in total. The van der Waals surface area contributed by atoms with Crippen molar-refractivity contribution in [3.8, 4) is 5.75 Å². The molecular formula is C21H16ClFN4O2S. The predicted octanol–water partition coefficient (Wildman–Crippen LogP) is 5.01. The number of aromatic nitrogens is 3. The van der Waals surface area contributed by atoms with Crippen LogP contribution in [0.1, 0.15) is 21.1 Å². The summed E-state index contributed by atoms with van der Waals surface area (Å²) in [6.45, 7) is 0.686. The van der Waals surface area contributed by atoms with E-state index in [1.54, 1.807) is 34.5 Å². The summed E-state index contributed by atoms with van der Waals surface area (Å²) in [7, 11) is 0. The number of rotatable bonds is 7. The highest BCUT2D eigenvalue weighted by atomic mass is 35.5. The van der Waals surface area contributed by atoms with Crippen LogP contribution in [0.5, 0.6) is 5.75 Å². The monoisotopic (exact) mass is 442 g/mol. The summed E-state index contributed by atoms with van der Waals surface area (Å²) in [5.41, 5.74) is 1.30. The smallest absolute Gasteiger partial charge is 0.276 e. The average Bonchev–Trinajstić information content (AvgIpc) is 3.39. The van der Waals surface area contributed by atoms with Crippen LogP contribution in [0.3, 0.4) is 0 Å². The van der Waals surface area contributed by atoms with E-state index in [4.69, 9.17) is 16.3 Å². The maximum Gasteiger partial charge on any atom is 0.276 e. The van der Waals surface area contributed by atoms with E-state index >= 15 is 0 Å². The lowest BCUT2D eigenvalue weighted by atomic mass is 10.2. The molecule has 152 valence electrons. The molecule has 30 heavy (non-hydrogen) atoms. The van der Waals surface area contributed by atoms with Gasteiger partial charge in [-0.3, -0.25) is 4.79 Å². The zero-order valence-electron chi connectivity index (χ0n) is 15.6. The van der Waals surface area contributed by atoms with Crippen LogP contribution in [0, 0.1) is 5.82 Å². The Morgan fingerprint density at radius 1 is 1.13 bits per heavy atom. The molecule has 0 atom stereocenters. The molecule has 0 bridgehead atoms. The minimum Gasteiger partial charge on any atom is -0.486 e. The van der Waals surface area contributed by atoms with Gasteiger partial charge in [0.1, 0.15) is 34.7 Å². The molecule has 0 aliphatic heterocycles. The predicted molar refractivity (Wildman–Crippen MR) is 114 cm³/mol. The molecule has 2 aromatic carbocycles. The van der Waals surface area contributed by atoms with Gasteiger partial charge < -0.3 is 10.1 Å². The van der Waals surface area contributed by atoms with Crippen molar-refractivity contribution in [3.63, 3.8) is 0 Å². The second-order valence-electron chi connectivity index (χ2n) is 6.32. The Labute approximate surface area is 180 Å². The third-order valence-electron chi connectivity index (χ3n) is 4.16. The van der Waals surface area contributed by atoms with Gasteiger partial charge in [-0.15, -0.1) is 11.3 Å². The molecule has 0 saturated carbocycles. The number of carbonyl (C=O) groups is 1. The fraction of sp³-hybridized carbons (Fsp3) is 0.0952. The fourth-order valence-corrected chi connectivity index (χ4v) is 3.48. The summed E-state index contributed by atoms with van der Waals surface area (Å²) in [5.74, 6) is 0.429. The first-order valence-electron chi connectivity index (χ1n) is 8.97. The highest BCUT2D eigenvalue weighted by Gasteiger charge is 2.14. The van der Waals surface area contributed by atoms with E-state index in [9.17, 15) is 9.18 Å². The van der Waals surface area contributed by atoms with Crippen molar-refractivity contribution in [1.29, 1.82) is 0 Å². The van der Waals surface area contributed by atoms with E-state index in [0.29, 0.717) is 28.1 Å². The first-order valence-corrected chi connectivity index (χ1v) is 10.2. The summed E-state index contributed by atoms with van der Waals surface area (Å²) >= 11 is 7.23. The Morgan fingerprint density at radius 3 is 2.67 bits per heavy atom. The molecule has 4 aromatic rings. The van der Waals surface area contributed by atoms with Gasteiger partial charge >= 0.3 is 0 Å². The van der Waals surface area contributed by atoms with E-state index in [2.05, 4.69) is 15.4 Å². The number of ether oxygens (including phenoxy) is 1. The minimum absolute atomic E-state index is 0.193. The Kier molecular flexibility index (Phi) is 6.06. The summed E-state index contributed by atoms with van der Waals surface area (Å²) < 4.78 is 20.2. The maximum atomic E-state index is 12.9. The molecule has 2 aromatic heterocycles. The van der Waals surface area contributed by atoms with Gasteiger partial charge in [-0.2, -0.15) is 5.10 Å². The molecule has 2 heterocycles. The van der Waals surface area contributed by atoms with Crippen molar-refractivity contribution in [2.75, 3.05) is 5.32 Å². The van der Waals surface area contributed by atoms with Crippen LogP contribution in [-0.2, 0) is 13.2 Å². The standard InChI is InChI=1S/C21H16ClFN4O2S/c22-15-3-1-14(2-4-15)11-27-19(9-10-24-27)26-21(28)18-13-30-20(25-18)12-29-17-7-5-16(23)6-8-17/h1-10,13H,11-12H2,(H,26,28). The molecule has 4 rings (SSSR count). The second kappa shape index (κ2) is 9.06. The number of hydrogen-bond donors (Lipinski definition) is 1. The lowest BCUT2D eigenvalue weighted by Gasteiger charge is -2.08. The third kappa shape index (κ3) is 5.03. The van der Waals surface area contributed by atoms with Crippen LogP contribution < -0.4 is 10.1 Å². The molecule has 0 unspecified atom stereocenters. The van der Waals surface area contributed by atoms with Crippen molar-refractivity contribution in [3.05, 3.63) is 93.3 Å². The quantitative estimate of drug-likeness (QED) is 0.436. The van der Waals surface area contributed by atoms with E-state index in [0.717, 1.165) is 5.56 Å². The Morgan fingerprint density at radius 2 is 1.90 bits per heavy atom. The average molecular weight is 443 g/mol. The number of carbonyl (C=O) groups excluding carboxylic acids is 1. The molecule has 0 aliphatic rings. The van der Waals surface area contributed by atoms with E-state index in [1.165, 1.54) is 23.5 Å². The fourth-order valence-electron chi connectivity index (χ4n) is 2.67. The number of halogens is 2. The molecule has 1 amide bonds. The third-order valence-corrected chi connectivity index (χ3v) is 5.24. The van der Waals surface area contributed by atoms with Gasteiger partial charge in [-0.05, 0) is 42.0 Å². The van der Waals surface area contributed by atoms with Crippen molar-refractivity contribution in [2.45, 2.75) is 13.2 Å². The zero-order chi connectivity index (χ0) is 20.9. The molecule has 0 radical (unpaired) electrons. The molecular weight excluding hydrogens is 427 g/mol. The maximum absolute atomic E-state index is 12.9. The van der Waals surface area contributed by atoms with E-state index < -0.39 is 0 Å². The van der Waals surface area contributed by atoms with Gasteiger partial charge in [0, 0.05) is 16.5 Å². The van der Waals surface area contributed by atoms with Gasteiger partial charge in [-0.1, -0.05) is 23.7 Å². The van der Waals surface area contributed by atoms with Gasteiger partial charge in [0.15, 0.2) is 0 Å². The second-order valence-corrected chi connectivity index (χ2v) is 7.70. The Balaban J connectivity index is 1.37. The number of nitrogens with one attached hydrogen (secondary N) is 1. The first-order chi connectivity index (χ1) is 14.6. The van der Waals surface area contributed by atoms with Crippen molar-refractivity contribution in [2.24, 2.45) is 0 Å². The minimum atomic E-state index is -0.336. The van der Waals surface area contributed by atoms with Crippen LogP contribution in [0.4, 0.5) is 10.2 Å². The van der Waals surface area contributed by atoms with Crippen molar-refractivity contribution < 1.29 is 13.9 Å². The highest BCUT2D eigenvalue weighted by molar-refractivity contribution is 7.09. The summed E-state index contributed by atoms with van der Waals surface area (Å²) in [6, 6.07) is 14.9. The molecule has 9 heteroatoms. The number of anilines is 1. The van der Waals surface area contributed by atoms with Crippen molar-refractivity contribution in [1.82, 2.24) is 14.8 Å². The summed E-state index contributed by atoms with van der Waals surface area (Å²) in [6.07, 6.45) is 1.62. The summed E-state index contributed by atoms with van der Waals surface area (Å²) in [5, 5.41) is 10.1. The van der Waals surface area contributed by atoms with Crippen LogP contribution in [0.25, 0.3) is 0 Å². The molecule has 6 nitrogen and oxygen atoms in total.